The minimum Gasteiger partial charge on any atom is -0.355 e. The van der Waals surface area contributed by atoms with Gasteiger partial charge in [0.05, 0.1) is 10.6 Å². The van der Waals surface area contributed by atoms with Gasteiger partial charge in [-0.05, 0) is 50.6 Å². The van der Waals surface area contributed by atoms with Gasteiger partial charge in [0.1, 0.15) is 18.4 Å². The molecule has 0 radical (unpaired) electrons. The Bertz CT molecular complexity index is 1320. The molecule has 3 aromatic carbocycles. The van der Waals surface area contributed by atoms with Crippen molar-refractivity contribution < 1.29 is 22.4 Å². The average molecular weight is 512 g/mol. The number of halogens is 1. The summed E-state index contributed by atoms with van der Waals surface area (Å²) in [4.78, 5) is 27.6. The highest BCUT2D eigenvalue weighted by atomic mass is 32.2. The fourth-order valence-corrected chi connectivity index (χ4v) is 5.29. The Morgan fingerprint density at radius 2 is 1.56 bits per heavy atom. The molecule has 0 unspecified atom stereocenters. The number of nitrogens with one attached hydrogen (secondary N) is 1. The minimum atomic E-state index is -4.13. The van der Waals surface area contributed by atoms with Gasteiger partial charge in [-0.3, -0.25) is 13.9 Å². The summed E-state index contributed by atoms with van der Waals surface area (Å²) in [6.45, 7) is 4.62. The van der Waals surface area contributed by atoms with Crippen molar-refractivity contribution in [1.29, 1.82) is 0 Å². The van der Waals surface area contributed by atoms with Crippen molar-refractivity contribution >= 4 is 27.5 Å². The first-order valence-corrected chi connectivity index (χ1v) is 13.0. The number of para-hydroxylation sites is 1. The molecule has 1 N–H and O–H groups in total. The molecule has 0 aromatic heterocycles. The number of carbonyl (C=O) groups excluding carboxylic acids is 2. The second-order valence-electron chi connectivity index (χ2n) is 8.29. The lowest BCUT2D eigenvalue weighted by Gasteiger charge is -2.32. The summed E-state index contributed by atoms with van der Waals surface area (Å²) >= 11 is 0. The van der Waals surface area contributed by atoms with Crippen LogP contribution < -0.4 is 9.62 Å². The maximum atomic E-state index is 14.5. The van der Waals surface area contributed by atoms with Crippen molar-refractivity contribution in [3.8, 4) is 0 Å². The molecular formula is C27H30FN3O4S. The molecule has 0 saturated heterocycles. The first kappa shape index (κ1) is 26.9. The van der Waals surface area contributed by atoms with Crippen molar-refractivity contribution in [3.63, 3.8) is 0 Å². The van der Waals surface area contributed by atoms with Crippen LogP contribution in [-0.2, 0) is 26.2 Å². The highest BCUT2D eigenvalue weighted by Gasteiger charge is 2.33. The van der Waals surface area contributed by atoms with Crippen LogP contribution in [0.1, 0.15) is 25.0 Å². The van der Waals surface area contributed by atoms with Gasteiger partial charge in [0.15, 0.2) is 0 Å². The van der Waals surface area contributed by atoms with E-state index in [1.165, 1.54) is 42.2 Å². The number of carbonyl (C=O) groups is 2. The third-order valence-corrected chi connectivity index (χ3v) is 7.59. The molecule has 7 nitrogen and oxygen atoms in total. The second-order valence-corrected chi connectivity index (χ2v) is 10.2. The van der Waals surface area contributed by atoms with Crippen molar-refractivity contribution in [2.75, 3.05) is 17.4 Å². The lowest BCUT2D eigenvalue weighted by molar-refractivity contribution is -0.139. The number of aryl methyl sites for hydroxylation is 1. The largest absolute Gasteiger partial charge is 0.355 e. The van der Waals surface area contributed by atoms with Crippen molar-refractivity contribution in [2.45, 2.75) is 38.3 Å². The number of nitrogens with zero attached hydrogens (tertiary/aromatic N) is 2. The second kappa shape index (κ2) is 11.8. The molecule has 9 heteroatoms. The first-order valence-electron chi connectivity index (χ1n) is 11.6. The highest BCUT2D eigenvalue weighted by molar-refractivity contribution is 7.92. The van der Waals surface area contributed by atoms with Gasteiger partial charge in [-0.2, -0.15) is 0 Å². The van der Waals surface area contributed by atoms with E-state index in [1.807, 2.05) is 0 Å². The summed E-state index contributed by atoms with van der Waals surface area (Å²) in [5.74, 6) is -1.58. The van der Waals surface area contributed by atoms with E-state index >= 15 is 0 Å². The Morgan fingerprint density at radius 1 is 0.944 bits per heavy atom. The third-order valence-electron chi connectivity index (χ3n) is 5.81. The van der Waals surface area contributed by atoms with E-state index in [1.54, 1.807) is 62.4 Å². The summed E-state index contributed by atoms with van der Waals surface area (Å²) in [7, 11) is -4.13. The molecule has 0 aliphatic rings. The molecule has 2 amide bonds. The summed E-state index contributed by atoms with van der Waals surface area (Å²) in [5, 5.41) is 2.67. The number of benzene rings is 3. The lowest BCUT2D eigenvalue weighted by atomic mass is 10.1. The molecule has 0 spiro atoms. The standard InChI is InChI=1S/C27H30FN3O4S/c1-4-29-27(33)21(3)30(18-22-13-9-10-16-24(22)28)26(32)19-31(25-17-11-8-12-20(25)2)36(34,35)23-14-6-5-7-15-23/h5-17,21H,4,18-19H2,1-3H3,(H,29,33)/t21-/m1/s1. The molecule has 0 aliphatic carbocycles. The SMILES string of the molecule is CCNC(=O)[C@@H](C)N(Cc1ccccc1F)C(=O)CN(c1ccccc1C)S(=O)(=O)c1ccccc1. The van der Waals surface area contributed by atoms with Crippen LogP contribution in [0.4, 0.5) is 10.1 Å². The van der Waals surface area contributed by atoms with Gasteiger partial charge >= 0.3 is 0 Å². The molecule has 0 aliphatic heterocycles. The number of hydrogen-bond acceptors (Lipinski definition) is 4. The van der Waals surface area contributed by atoms with Crippen molar-refractivity contribution in [1.82, 2.24) is 10.2 Å². The van der Waals surface area contributed by atoms with Crippen LogP contribution in [0.2, 0.25) is 0 Å². The molecule has 190 valence electrons. The van der Waals surface area contributed by atoms with Crippen LogP contribution in [0.3, 0.4) is 0 Å². The molecule has 0 fully saturated rings. The molecule has 0 heterocycles. The van der Waals surface area contributed by atoms with Crippen LogP contribution in [-0.4, -0.2) is 44.3 Å². The molecule has 3 rings (SSSR count). The van der Waals surface area contributed by atoms with E-state index in [4.69, 9.17) is 0 Å². The minimum absolute atomic E-state index is 0.0264. The molecule has 3 aromatic rings. The molecular weight excluding hydrogens is 481 g/mol. The molecule has 1 atom stereocenters. The summed E-state index contributed by atoms with van der Waals surface area (Å²) < 4.78 is 42.9. The zero-order chi connectivity index (χ0) is 26.3. The number of likely N-dealkylation sites (N-methyl/N-ethyl adjacent to an activating group) is 1. The van der Waals surface area contributed by atoms with Crippen molar-refractivity contribution in [2.24, 2.45) is 0 Å². The van der Waals surface area contributed by atoms with Gasteiger partial charge in [-0.25, -0.2) is 12.8 Å². The van der Waals surface area contributed by atoms with Gasteiger partial charge in [-0.15, -0.1) is 0 Å². The Kier molecular flexibility index (Phi) is 8.82. The Hall–Kier alpha value is -3.72. The van der Waals surface area contributed by atoms with E-state index in [2.05, 4.69) is 5.32 Å². The monoisotopic (exact) mass is 511 g/mol. The van der Waals surface area contributed by atoms with E-state index in [0.717, 1.165) is 4.31 Å². The van der Waals surface area contributed by atoms with E-state index in [9.17, 15) is 22.4 Å². The van der Waals surface area contributed by atoms with Gasteiger partial charge in [0, 0.05) is 18.7 Å². The quantitative estimate of drug-likeness (QED) is 0.448. The van der Waals surface area contributed by atoms with E-state index < -0.39 is 40.2 Å². The van der Waals surface area contributed by atoms with Crippen LogP contribution in [0, 0.1) is 12.7 Å². The molecule has 0 saturated carbocycles. The average Bonchev–Trinajstić information content (AvgIpc) is 2.87. The van der Waals surface area contributed by atoms with Crippen LogP contribution in [0.5, 0.6) is 0 Å². The fraction of sp³-hybridized carbons (Fsp3) is 0.259. The van der Waals surface area contributed by atoms with Gasteiger partial charge < -0.3 is 10.2 Å². The number of sulfonamides is 1. The van der Waals surface area contributed by atoms with Gasteiger partial charge in [-0.1, -0.05) is 54.6 Å². The number of amides is 2. The predicted octanol–water partition coefficient (Wildman–Crippen LogP) is 3.88. The zero-order valence-corrected chi connectivity index (χ0v) is 21.3. The Balaban J connectivity index is 2.04. The van der Waals surface area contributed by atoms with Crippen molar-refractivity contribution in [3.05, 3.63) is 95.8 Å². The normalized spacial score (nSPS) is 12.0. The van der Waals surface area contributed by atoms with Crippen LogP contribution in [0.15, 0.2) is 83.8 Å². The number of rotatable bonds is 10. The third kappa shape index (κ3) is 6.09. The maximum Gasteiger partial charge on any atom is 0.264 e. The van der Waals surface area contributed by atoms with Crippen LogP contribution in [0.25, 0.3) is 0 Å². The zero-order valence-electron chi connectivity index (χ0n) is 20.5. The predicted molar refractivity (Wildman–Crippen MR) is 137 cm³/mol. The Morgan fingerprint density at radius 3 is 2.19 bits per heavy atom. The van der Waals surface area contributed by atoms with Crippen LogP contribution >= 0.6 is 0 Å². The summed E-state index contributed by atoms with van der Waals surface area (Å²) in [5.41, 5.74) is 1.21. The maximum absolute atomic E-state index is 14.5. The summed E-state index contributed by atoms with van der Waals surface area (Å²) in [6.07, 6.45) is 0. The van der Waals surface area contributed by atoms with E-state index in [0.29, 0.717) is 17.8 Å². The summed E-state index contributed by atoms with van der Waals surface area (Å²) in [6, 6.07) is 19.7. The smallest absolute Gasteiger partial charge is 0.264 e. The highest BCUT2D eigenvalue weighted by Crippen LogP contribution is 2.27. The first-order chi connectivity index (χ1) is 17.2. The van der Waals surface area contributed by atoms with E-state index in [-0.39, 0.29) is 17.0 Å². The number of hydrogen-bond donors (Lipinski definition) is 1. The van der Waals surface area contributed by atoms with Gasteiger partial charge in [0.2, 0.25) is 11.8 Å². The van der Waals surface area contributed by atoms with Gasteiger partial charge in [0.25, 0.3) is 10.0 Å². The topological polar surface area (TPSA) is 86.8 Å². The molecule has 36 heavy (non-hydrogen) atoms. The Labute approximate surface area is 211 Å². The number of anilines is 1. The molecule has 0 bridgehead atoms. The fourth-order valence-electron chi connectivity index (χ4n) is 3.79. The lowest BCUT2D eigenvalue weighted by Crippen LogP contribution is -2.51.